The summed E-state index contributed by atoms with van der Waals surface area (Å²) in [5, 5.41) is 3.45. The summed E-state index contributed by atoms with van der Waals surface area (Å²) in [6.07, 6.45) is 9.84. The zero-order valence-electron chi connectivity index (χ0n) is 9.87. The third-order valence-corrected chi connectivity index (χ3v) is 2.62. The van der Waals surface area contributed by atoms with Gasteiger partial charge in [0.1, 0.15) is 6.33 Å². The molecule has 4 heteroatoms. The van der Waals surface area contributed by atoms with E-state index < -0.39 is 0 Å². The minimum Gasteiger partial charge on any atom is -0.310 e. The SMILES string of the molecule is CCNC(Cc1ccncc1)c1cncnc1. The van der Waals surface area contributed by atoms with Crippen LogP contribution in [0, 0.1) is 0 Å². The minimum absolute atomic E-state index is 0.253. The van der Waals surface area contributed by atoms with Gasteiger partial charge in [-0.05, 0) is 30.7 Å². The van der Waals surface area contributed by atoms with Crippen LogP contribution in [0.2, 0.25) is 0 Å². The molecule has 0 spiro atoms. The first-order valence-corrected chi connectivity index (χ1v) is 5.77. The van der Waals surface area contributed by atoms with Gasteiger partial charge >= 0.3 is 0 Å². The van der Waals surface area contributed by atoms with Gasteiger partial charge < -0.3 is 5.32 Å². The molecule has 0 saturated carbocycles. The Hall–Kier alpha value is -1.81. The molecule has 0 aliphatic carbocycles. The van der Waals surface area contributed by atoms with Crippen molar-refractivity contribution in [3.63, 3.8) is 0 Å². The molecule has 2 heterocycles. The van der Waals surface area contributed by atoms with E-state index in [0.29, 0.717) is 0 Å². The van der Waals surface area contributed by atoms with Gasteiger partial charge in [-0.2, -0.15) is 0 Å². The Bertz CT molecular complexity index is 430. The summed E-state index contributed by atoms with van der Waals surface area (Å²) in [5.41, 5.74) is 2.38. The van der Waals surface area contributed by atoms with Gasteiger partial charge in [0.2, 0.25) is 0 Å². The first-order chi connectivity index (χ1) is 8.40. The fourth-order valence-electron chi connectivity index (χ4n) is 1.80. The van der Waals surface area contributed by atoms with E-state index in [1.165, 1.54) is 5.56 Å². The van der Waals surface area contributed by atoms with E-state index >= 15 is 0 Å². The number of nitrogens with one attached hydrogen (secondary N) is 1. The molecule has 0 aliphatic heterocycles. The first kappa shape index (κ1) is 11.7. The van der Waals surface area contributed by atoms with E-state index in [4.69, 9.17) is 0 Å². The van der Waals surface area contributed by atoms with Gasteiger partial charge in [-0.25, -0.2) is 9.97 Å². The first-order valence-electron chi connectivity index (χ1n) is 5.77. The number of hydrogen-bond donors (Lipinski definition) is 1. The molecule has 0 aromatic carbocycles. The van der Waals surface area contributed by atoms with Gasteiger partial charge in [0.25, 0.3) is 0 Å². The predicted octanol–water partition coefficient (Wildman–Crippen LogP) is 1.76. The van der Waals surface area contributed by atoms with E-state index in [-0.39, 0.29) is 6.04 Å². The van der Waals surface area contributed by atoms with Gasteiger partial charge in [-0.3, -0.25) is 4.98 Å². The van der Waals surface area contributed by atoms with E-state index in [1.54, 1.807) is 6.33 Å². The molecule has 1 atom stereocenters. The Morgan fingerprint density at radius 1 is 1.12 bits per heavy atom. The quantitative estimate of drug-likeness (QED) is 0.847. The molecule has 2 aromatic heterocycles. The fourth-order valence-corrected chi connectivity index (χ4v) is 1.80. The van der Waals surface area contributed by atoms with Gasteiger partial charge in [0, 0.05) is 36.4 Å². The Labute approximate surface area is 101 Å². The monoisotopic (exact) mass is 228 g/mol. The van der Waals surface area contributed by atoms with Crippen LogP contribution in [-0.2, 0) is 6.42 Å². The topological polar surface area (TPSA) is 50.7 Å². The highest BCUT2D eigenvalue weighted by molar-refractivity contribution is 5.17. The van der Waals surface area contributed by atoms with E-state index in [9.17, 15) is 0 Å². The van der Waals surface area contributed by atoms with Crippen LogP contribution in [0.15, 0.2) is 43.2 Å². The van der Waals surface area contributed by atoms with Crippen LogP contribution in [0.1, 0.15) is 24.1 Å². The molecule has 88 valence electrons. The van der Waals surface area contributed by atoms with E-state index in [2.05, 4.69) is 27.2 Å². The second kappa shape index (κ2) is 6.06. The predicted molar refractivity (Wildman–Crippen MR) is 66.4 cm³/mol. The Morgan fingerprint density at radius 3 is 2.47 bits per heavy atom. The molecule has 2 rings (SSSR count). The standard InChI is InChI=1S/C13H16N4/c1-2-17-13(12-8-15-10-16-9-12)7-11-3-5-14-6-4-11/h3-6,8-10,13,17H,2,7H2,1H3. The molecule has 17 heavy (non-hydrogen) atoms. The van der Waals surface area contributed by atoms with Crippen LogP contribution in [0.4, 0.5) is 0 Å². The Balaban J connectivity index is 2.13. The third kappa shape index (κ3) is 3.32. The van der Waals surface area contributed by atoms with Crippen molar-refractivity contribution in [2.45, 2.75) is 19.4 Å². The summed E-state index contributed by atoms with van der Waals surface area (Å²) in [6.45, 7) is 3.02. The molecule has 1 unspecified atom stereocenters. The number of nitrogens with zero attached hydrogens (tertiary/aromatic N) is 3. The summed E-state index contributed by atoms with van der Waals surface area (Å²) in [4.78, 5) is 12.2. The molecule has 0 saturated heterocycles. The van der Waals surface area contributed by atoms with Crippen LogP contribution in [0.5, 0.6) is 0 Å². The van der Waals surface area contributed by atoms with E-state index in [1.807, 2.05) is 36.9 Å². The average Bonchev–Trinajstić information content (AvgIpc) is 2.40. The maximum absolute atomic E-state index is 4.07. The molecule has 0 radical (unpaired) electrons. The van der Waals surface area contributed by atoms with Crippen LogP contribution in [0.3, 0.4) is 0 Å². The van der Waals surface area contributed by atoms with Crippen LogP contribution >= 0.6 is 0 Å². The van der Waals surface area contributed by atoms with Gasteiger partial charge in [0.05, 0.1) is 0 Å². The van der Waals surface area contributed by atoms with Crippen molar-refractivity contribution < 1.29 is 0 Å². The summed E-state index contributed by atoms with van der Waals surface area (Å²) in [5.74, 6) is 0. The van der Waals surface area contributed by atoms with Crippen LogP contribution in [-0.4, -0.2) is 21.5 Å². The van der Waals surface area contributed by atoms with Crippen molar-refractivity contribution in [3.05, 3.63) is 54.4 Å². The lowest BCUT2D eigenvalue weighted by molar-refractivity contribution is 0.546. The summed E-state index contributed by atoms with van der Waals surface area (Å²) >= 11 is 0. The Morgan fingerprint density at radius 2 is 1.82 bits per heavy atom. The highest BCUT2D eigenvalue weighted by atomic mass is 14.9. The number of pyridine rings is 1. The maximum atomic E-state index is 4.07. The summed E-state index contributed by atoms with van der Waals surface area (Å²) in [7, 11) is 0. The third-order valence-electron chi connectivity index (χ3n) is 2.62. The van der Waals surface area contributed by atoms with Gasteiger partial charge in [-0.1, -0.05) is 6.92 Å². The Kier molecular flexibility index (Phi) is 4.16. The molecule has 0 fully saturated rings. The van der Waals surface area contributed by atoms with Crippen molar-refractivity contribution in [2.75, 3.05) is 6.54 Å². The van der Waals surface area contributed by atoms with E-state index in [0.717, 1.165) is 18.5 Å². The molecule has 4 nitrogen and oxygen atoms in total. The molecule has 0 bridgehead atoms. The number of rotatable bonds is 5. The van der Waals surface area contributed by atoms with Crippen molar-refractivity contribution in [3.8, 4) is 0 Å². The molecular weight excluding hydrogens is 212 g/mol. The summed E-state index contributed by atoms with van der Waals surface area (Å²) < 4.78 is 0. The minimum atomic E-state index is 0.253. The molecule has 2 aromatic rings. The number of hydrogen-bond acceptors (Lipinski definition) is 4. The average molecular weight is 228 g/mol. The number of aromatic nitrogens is 3. The van der Waals surface area contributed by atoms with Gasteiger partial charge in [0.15, 0.2) is 0 Å². The lowest BCUT2D eigenvalue weighted by Crippen LogP contribution is -2.23. The largest absolute Gasteiger partial charge is 0.310 e. The number of likely N-dealkylation sites (N-methyl/N-ethyl adjacent to an activating group) is 1. The second-order valence-electron chi connectivity index (χ2n) is 3.84. The van der Waals surface area contributed by atoms with Crippen LogP contribution < -0.4 is 5.32 Å². The van der Waals surface area contributed by atoms with Crippen LogP contribution in [0.25, 0.3) is 0 Å². The molecule has 0 amide bonds. The molecule has 1 N–H and O–H groups in total. The lowest BCUT2D eigenvalue weighted by atomic mass is 10.0. The maximum Gasteiger partial charge on any atom is 0.115 e. The smallest absolute Gasteiger partial charge is 0.115 e. The molecule has 0 aliphatic rings. The summed E-state index contributed by atoms with van der Waals surface area (Å²) in [6, 6.07) is 4.33. The van der Waals surface area contributed by atoms with Crippen molar-refractivity contribution >= 4 is 0 Å². The zero-order valence-corrected chi connectivity index (χ0v) is 9.87. The second-order valence-corrected chi connectivity index (χ2v) is 3.84. The normalized spacial score (nSPS) is 12.3. The lowest BCUT2D eigenvalue weighted by Gasteiger charge is -2.17. The van der Waals surface area contributed by atoms with Crippen molar-refractivity contribution in [1.82, 2.24) is 20.3 Å². The fraction of sp³-hybridized carbons (Fsp3) is 0.308. The highest BCUT2D eigenvalue weighted by Crippen LogP contribution is 2.16. The van der Waals surface area contributed by atoms with Crippen molar-refractivity contribution in [1.29, 1.82) is 0 Å². The zero-order chi connectivity index (χ0) is 11.9. The van der Waals surface area contributed by atoms with Crippen molar-refractivity contribution in [2.24, 2.45) is 0 Å². The highest BCUT2D eigenvalue weighted by Gasteiger charge is 2.11. The molecular formula is C13H16N4. The van der Waals surface area contributed by atoms with Gasteiger partial charge in [-0.15, -0.1) is 0 Å².